The third-order valence-corrected chi connectivity index (χ3v) is 3.24. The number of hydrogen-bond acceptors (Lipinski definition) is 4. The summed E-state index contributed by atoms with van der Waals surface area (Å²) >= 11 is 0. The van der Waals surface area contributed by atoms with E-state index >= 15 is 0 Å². The Morgan fingerprint density at radius 2 is 1.57 bits per heavy atom. The molecule has 4 nitrogen and oxygen atoms in total. The van der Waals surface area contributed by atoms with Crippen LogP contribution in [0.25, 0.3) is 0 Å². The first-order valence-electron chi connectivity index (χ1n) is 9.11. The molecule has 0 radical (unpaired) electrons. The second-order valence-corrected chi connectivity index (χ2v) is 5.47. The Bertz CT molecular complexity index is 320. The highest BCUT2D eigenvalue weighted by atomic mass is 16.7. The Morgan fingerprint density at radius 3 is 2.13 bits per heavy atom. The minimum Gasteiger partial charge on any atom is -0.466 e. The van der Waals surface area contributed by atoms with Gasteiger partial charge in [-0.3, -0.25) is 4.79 Å². The Hall–Kier alpha value is -1.05. The molecule has 0 aromatic heterocycles. The molecule has 0 bridgehead atoms. The van der Waals surface area contributed by atoms with Crippen molar-refractivity contribution >= 4 is 5.97 Å². The van der Waals surface area contributed by atoms with Crippen LogP contribution in [-0.2, 0) is 19.0 Å². The van der Waals surface area contributed by atoms with Gasteiger partial charge in [0, 0.05) is 12.8 Å². The summed E-state index contributed by atoms with van der Waals surface area (Å²) in [5.74, 6) is 6.10. The lowest BCUT2D eigenvalue weighted by Crippen LogP contribution is -2.16. The fraction of sp³-hybridized carbons (Fsp3) is 0.842. The predicted octanol–water partition coefficient (Wildman–Crippen LogP) is 4.46. The second-order valence-electron chi connectivity index (χ2n) is 5.47. The molecule has 4 heteroatoms. The quantitative estimate of drug-likeness (QED) is 0.204. The van der Waals surface area contributed by atoms with E-state index in [2.05, 4.69) is 25.7 Å². The molecule has 0 aromatic carbocycles. The molecular formula is C19H34O4. The molecule has 0 aliphatic carbocycles. The van der Waals surface area contributed by atoms with E-state index in [1.165, 1.54) is 0 Å². The highest BCUT2D eigenvalue weighted by Gasteiger charge is 2.04. The van der Waals surface area contributed by atoms with Gasteiger partial charge in [-0.25, -0.2) is 0 Å². The Morgan fingerprint density at radius 1 is 0.913 bits per heavy atom. The average Bonchev–Trinajstić information content (AvgIpc) is 2.54. The fourth-order valence-electron chi connectivity index (χ4n) is 1.85. The van der Waals surface area contributed by atoms with Crippen LogP contribution in [0.2, 0.25) is 0 Å². The maximum absolute atomic E-state index is 11.2. The molecule has 0 saturated carbocycles. The van der Waals surface area contributed by atoms with Crippen molar-refractivity contribution in [2.24, 2.45) is 0 Å². The number of unbranched alkanes of at least 4 members (excludes halogenated alkanes) is 5. The van der Waals surface area contributed by atoms with Crippen LogP contribution >= 0.6 is 0 Å². The van der Waals surface area contributed by atoms with Gasteiger partial charge in [-0.05, 0) is 38.5 Å². The normalized spacial score (nSPS) is 10.4. The lowest BCUT2D eigenvalue weighted by atomic mass is 10.1. The van der Waals surface area contributed by atoms with E-state index in [9.17, 15) is 4.79 Å². The lowest BCUT2D eigenvalue weighted by Gasteiger charge is -2.12. The van der Waals surface area contributed by atoms with E-state index in [1.807, 2.05) is 6.92 Å². The van der Waals surface area contributed by atoms with Gasteiger partial charge in [0.1, 0.15) is 0 Å². The summed E-state index contributed by atoms with van der Waals surface area (Å²) in [4.78, 5) is 11.2. The molecular weight excluding hydrogens is 292 g/mol. The second kappa shape index (κ2) is 17.3. The Balaban J connectivity index is 3.84. The van der Waals surface area contributed by atoms with Crippen LogP contribution in [0.3, 0.4) is 0 Å². The van der Waals surface area contributed by atoms with E-state index in [-0.39, 0.29) is 5.97 Å². The third-order valence-electron chi connectivity index (χ3n) is 3.24. The van der Waals surface area contributed by atoms with Crippen molar-refractivity contribution in [1.29, 1.82) is 0 Å². The minimum atomic E-state index is -0.396. The first-order valence-corrected chi connectivity index (χ1v) is 9.11. The maximum atomic E-state index is 11.2. The smallest absolute Gasteiger partial charge is 0.305 e. The van der Waals surface area contributed by atoms with Gasteiger partial charge in [0.05, 0.1) is 19.8 Å². The molecule has 0 amide bonds. The van der Waals surface area contributed by atoms with E-state index in [1.54, 1.807) is 0 Å². The van der Waals surface area contributed by atoms with Crippen molar-refractivity contribution < 1.29 is 19.0 Å². The number of rotatable bonds is 14. The zero-order chi connectivity index (χ0) is 17.2. The molecule has 0 spiro atoms. The van der Waals surface area contributed by atoms with Crippen LogP contribution in [0, 0.1) is 11.8 Å². The van der Waals surface area contributed by atoms with Gasteiger partial charge < -0.3 is 14.2 Å². The average molecular weight is 326 g/mol. The summed E-state index contributed by atoms with van der Waals surface area (Å²) in [6.07, 6.45) is 8.04. The zero-order valence-corrected chi connectivity index (χ0v) is 15.2. The SMILES string of the molecule is CCCCOC(C#CCCCCCC(=O)OCC)OCCCC. The zero-order valence-electron chi connectivity index (χ0n) is 15.2. The summed E-state index contributed by atoms with van der Waals surface area (Å²) < 4.78 is 16.2. The van der Waals surface area contributed by atoms with Crippen LogP contribution in [0.5, 0.6) is 0 Å². The first kappa shape index (κ1) is 21.9. The van der Waals surface area contributed by atoms with Crippen molar-refractivity contribution in [3.8, 4) is 11.8 Å². The summed E-state index contributed by atoms with van der Waals surface area (Å²) in [5, 5.41) is 0. The minimum absolute atomic E-state index is 0.104. The van der Waals surface area contributed by atoms with E-state index in [4.69, 9.17) is 14.2 Å². The van der Waals surface area contributed by atoms with E-state index in [0.717, 1.165) is 51.4 Å². The molecule has 0 N–H and O–H groups in total. The molecule has 23 heavy (non-hydrogen) atoms. The highest BCUT2D eigenvalue weighted by molar-refractivity contribution is 5.69. The summed E-state index contributed by atoms with van der Waals surface area (Å²) in [5.41, 5.74) is 0. The van der Waals surface area contributed by atoms with Crippen molar-refractivity contribution in [3.63, 3.8) is 0 Å². The molecule has 0 unspecified atom stereocenters. The predicted molar refractivity (Wildman–Crippen MR) is 93.0 cm³/mol. The van der Waals surface area contributed by atoms with Gasteiger partial charge in [0.25, 0.3) is 0 Å². The van der Waals surface area contributed by atoms with Crippen molar-refractivity contribution in [2.75, 3.05) is 19.8 Å². The van der Waals surface area contributed by atoms with Gasteiger partial charge in [-0.1, -0.05) is 39.0 Å². The van der Waals surface area contributed by atoms with Crippen LogP contribution in [-0.4, -0.2) is 32.1 Å². The molecule has 0 atom stereocenters. The monoisotopic (exact) mass is 326 g/mol. The van der Waals surface area contributed by atoms with Crippen molar-refractivity contribution in [1.82, 2.24) is 0 Å². The molecule has 0 rings (SSSR count). The lowest BCUT2D eigenvalue weighted by molar-refractivity contribution is -0.143. The molecule has 0 aliphatic rings. The van der Waals surface area contributed by atoms with Gasteiger partial charge in [0.2, 0.25) is 6.29 Å². The fourth-order valence-corrected chi connectivity index (χ4v) is 1.85. The van der Waals surface area contributed by atoms with E-state index < -0.39 is 6.29 Å². The Kier molecular flexibility index (Phi) is 16.5. The van der Waals surface area contributed by atoms with Crippen LogP contribution < -0.4 is 0 Å². The van der Waals surface area contributed by atoms with Crippen molar-refractivity contribution in [2.45, 2.75) is 84.8 Å². The summed E-state index contributed by atoms with van der Waals surface area (Å²) in [7, 11) is 0. The largest absolute Gasteiger partial charge is 0.466 e. The van der Waals surface area contributed by atoms with Crippen LogP contribution in [0.1, 0.15) is 78.6 Å². The molecule has 0 aromatic rings. The maximum Gasteiger partial charge on any atom is 0.305 e. The number of carbonyl (C=O) groups is 1. The molecule has 134 valence electrons. The standard InChI is InChI=1S/C19H34O4/c1-4-7-16-22-19(23-17-8-5-2)15-13-11-9-10-12-14-18(20)21-6-3/h19H,4-12,14,16-17H2,1-3H3. The molecule has 0 saturated heterocycles. The van der Waals surface area contributed by atoms with Crippen molar-refractivity contribution in [3.05, 3.63) is 0 Å². The Labute approximate surface area is 142 Å². The molecule has 0 aliphatic heterocycles. The topological polar surface area (TPSA) is 44.8 Å². The third kappa shape index (κ3) is 15.6. The number of carbonyl (C=O) groups excluding carboxylic acids is 1. The number of hydrogen-bond donors (Lipinski definition) is 0. The van der Waals surface area contributed by atoms with Crippen LogP contribution in [0.15, 0.2) is 0 Å². The van der Waals surface area contributed by atoms with Gasteiger partial charge in [0.15, 0.2) is 0 Å². The van der Waals surface area contributed by atoms with E-state index in [0.29, 0.717) is 26.2 Å². The summed E-state index contributed by atoms with van der Waals surface area (Å²) in [6.45, 7) is 7.95. The summed E-state index contributed by atoms with van der Waals surface area (Å²) in [6, 6.07) is 0. The van der Waals surface area contributed by atoms with Gasteiger partial charge in [-0.2, -0.15) is 0 Å². The number of ether oxygens (including phenoxy) is 3. The number of esters is 1. The molecule has 0 fully saturated rings. The van der Waals surface area contributed by atoms with Gasteiger partial charge >= 0.3 is 5.97 Å². The first-order chi connectivity index (χ1) is 11.2. The van der Waals surface area contributed by atoms with Crippen LogP contribution in [0.4, 0.5) is 0 Å². The molecule has 0 heterocycles. The van der Waals surface area contributed by atoms with Gasteiger partial charge in [-0.15, -0.1) is 0 Å². The highest BCUT2D eigenvalue weighted by Crippen LogP contribution is 2.04.